The largest absolute Gasteiger partial charge is 0.383 e. The van der Waals surface area contributed by atoms with Crippen molar-refractivity contribution < 1.29 is 4.74 Å². The second kappa shape index (κ2) is 8.00. The maximum Gasteiger partial charge on any atom is 0.146 e. The van der Waals surface area contributed by atoms with Crippen LogP contribution < -0.4 is 10.2 Å². The molecule has 0 bridgehead atoms. The van der Waals surface area contributed by atoms with Crippen LogP contribution in [0.1, 0.15) is 19.5 Å². The van der Waals surface area contributed by atoms with Crippen molar-refractivity contribution in [3.63, 3.8) is 0 Å². The Morgan fingerprint density at radius 1 is 1.33 bits per heavy atom. The summed E-state index contributed by atoms with van der Waals surface area (Å²) in [5.74, 6) is 1.53. The zero-order valence-corrected chi connectivity index (χ0v) is 11.8. The second-order valence-corrected chi connectivity index (χ2v) is 4.81. The smallest absolute Gasteiger partial charge is 0.146 e. The highest BCUT2D eigenvalue weighted by molar-refractivity contribution is 5.34. The zero-order chi connectivity index (χ0) is 13.4. The molecule has 0 aliphatic heterocycles. The Bertz CT molecular complexity index is 326. The Labute approximate surface area is 110 Å². The summed E-state index contributed by atoms with van der Waals surface area (Å²) in [6.45, 7) is 7.65. The maximum absolute atomic E-state index is 5.03. The van der Waals surface area contributed by atoms with Crippen LogP contribution in [0.15, 0.2) is 12.4 Å². The van der Waals surface area contributed by atoms with Crippen molar-refractivity contribution >= 4 is 5.82 Å². The highest BCUT2D eigenvalue weighted by Gasteiger charge is 2.03. The van der Waals surface area contributed by atoms with E-state index in [1.54, 1.807) is 7.11 Å². The molecule has 0 saturated heterocycles. The molecule has 0 radical (unpaired) electrons. The molecule has 1 N–H and O–H groups in total. The van der Waals surface area contributed by atoms with Gasteiger partial charge in [0.2, 0.25) is 0 Å². The van der Waals surface area contributed by atoms with Crippen LogP contribution in [0.4, 0.5) is 5.82 Å². The maximum atomic E-state index is 5.03. The number of ether oxygens (including phenoxy) is 1. The van der Waals surface area contributed by atoms with Crippen molar-refractivity contribution in [3.05, 3.63) is 18.1 Å². The Morgan fingerprint density at radius 2 is 2.11 bits per heavy atom. The first-order chi connectivity index (χ1) is 8.63. The highest BCUT2D eigenvalue weighted by atomic mass is 16.5. The molecule has 5 heteroatoms. The second-order valence-electron chi connectivity index (χ2n) is 4.81. The molecule has 18 heavy (non-hydrogen) atoms. The summed E-state index contributed by atoms with van der Waals surface area (Å²) >= 11 is 0. The molecule has 5 nitrogen and oxygen atoms in total. The number of nitrogens with zero attached hydrogens (tertiary/aromatic N) is 3. The van der Waals surface area contributed by atoms with Gasteiger partial charge in [-0.3, -0.25) is 4.98 Å². The van der Waals surface area contributed by atoms with Crippen LogP contribution >= 0.6 is 0 Å². The molecule has 1 rings (SSSR count). The van der Waals surface area contributed by atoms with Crippen molar-refractivity contribution in [3.8, 4) is 0 Å². The zero-order valence-electron chi connectivity index (χ0n) is 11.8. The van der Waals surface area contributed by atoms with Crippen LogP contribution in [-0.4, -0.2) is 43.8 Å². The van der Waals surface area contributed by atoms with Crippen LogP contribution in [-0.2, 0) is 11.3 Å². The van der Waals surface area contributed by atoms with Crippen molar-refractivity contribution in [2.75, 3.05) is 38.8 Å². The van der Waals surface area contributed by atoms with E-state index in [1.165, 1.54) is 0 Å². The summed E-state index contributed by atoms with van der Waals surface area (Å²) in [7, 11) is 3.68. The molecule has 0 atom stereocenters. The third-order valence-corrected chi connectivity index (χ3v) is 2.57. The average molecular weight is 252 g/mol. The number of aromatic nitrogens is 2. The third-order valence-electron chi connectivity index (χ3n) is 2.57. The number of nitrogens with one attached hydrogen (secondary N) is 1. The molecule has 0 unspecified atom stereocenters. The summed E-state index contributed by atoms with van der Waals surface area (Å²) in [6.07, 6.45) is 3.63. The number of hydrogen-bond acceptors (Lipinski definition) is 5. The Hall–Kier alpha value is -1.20. The fourth-order valence-corrected chi connectivity index (χ4v) is 1.47. The van der Waals surface area contributed by atoms with E-state index in [0.717, 1.165) is 31.1 Å². The fourth-order valence-electron chi connectivity index (χ4n) is 1.47. The number of anilines is 1. The molecule has 0 fully saturated rings. The average Bonchev–Trinajstić information content (AvgIpc) is 2.36. The van der Waals surface area contributed by atoms with Gasteiger partial charge >= 0.3 is 0 Å². The van der Waals surface area contributed by atoms with Crippen LogP contribution in [0.3, 0.4) is 0 Å². The lowest BCUT2D eigenvalue weighted by atomic mass is 10.2. The fraction of sp³-hybridized carbons (Fsp3) is 0.692. The van der Waals surface area contributed by atoms with E-state index in [4.69, 9.17) is 4.74 Å². The molecule has 1 aromatic rings. The van der Waals surface area contributed by atoms with E-state index in [2.05, 4.69) is 29.1 Å². The lowest BCUT2D eigenvalue weighted by molar-refractivity contribution is 0.206. The minimum absolute atomic E-state index is 0.650. The molecule has 0 amide bonds. The normalized spacial score (nSPS) is 10.9. The molecular weight excluding hydrogens is 228 g/mol. The van der Waals surface area contributed by atoms with Gasteiger partial charge in [-0.05, 0) is 12.5 Å². The summed E-state index contributed by atoms with van der Waals surface area (Å²) in [5.41, 5.74) is 0.972. The van der Waals surface area contributed by atoms with Gasteiger partial charge in [0.15, 0.2) is 0 Å². The Balaban J connectivity index is 2.41. The van der Waals surface area contributed by atoms with Crippen LogP contribution in [0.25, 0.3) is 0 Å². The van der Waals surface area contributed by atoms with E-state index in [9.17, 15) is 0 Å². The summed E-state index contributed by atoms with van der Waals surface area (Å²) < 4.78 is 5.03. The highest BCUT2D eigenvalue weighted by Crippen LogP contribution is 2.06. The van der Waals surface area contributed by atoms with Crippen LogP contribution in [0, 0.1) is 5.92 Å². The molecule has 102 valence electrons. The third kappa shape index (κ3) is 5.42. The lowest BCUT2D eigenvalue weighted by Gasteiger charge is -2.17. The van der Waals surface area contributed by atoms with Gasteiger partial charge in [-0.25, -0.2) is 4.98 Å². The monoisotopic (exact) mass is 252 g/mol. The van der Waals surface area contributed by atoms with Gasteiger partial charge in [0, 0.05) is 27.2 Å². The topological polar surface area (TPSA) is 50.3 Å². The molecular formula is C13H24N4O. The number of hydrogen-bond donors (Lipinski definition) is 1. The van der Waals surface area contributed by atoms with Crippen molar-refractivity contribution in [2.24, 2.45) is 5.92 Å². The van der Waals surface area contributed by atoms with Gasteiger partial charge in [0.25, 0.3) is 0 Å². The number of likely N-dealkylation sites (N-methyl/N-ethyl adjacent to an activating group) is 1. The summed E-state index contributed by atoms with van der Waals surface area (Å²) in [5, 5.41) is 3.35. The molecule has 1 aromatic heterocycles. The van der Waals surface area contributed by atoms with E-state index >= 15 is 0 Å². The predicted octanol–water partition coefficient (Wildman–Crippen LogP) is 1.30. The van der Waals surface area contributed by atoms with Gasteiger partial charge in [0.05, 0.1) is 24.7 Å². The van der Waals surface area contributed by atoms with Crippen molar-refractivity contribution in [1.29, 1.82) is 0 Å². The van der Waals surface area contributed by atoms with Crippen LogP contribution in [0.2, 0.25) is 0 Å². The van der Waals surface area contributed by atoms with Gasteiger partial charge in [0.1, 0.15) is 5.82 Å². The number of rotatable bonds is 8. The van der Waals surface area contributed by atoms with Gasteiger partial charge in [-0.2, -0.15) is 0 Å². The SMILES string of the molecule is COCCN(C)c1cnc(CNCC(C)C)cn1. The molecule has 1 heterocycles. The van der Waals surface area contributed by atoms with Crippen LogP contribution in [0.5, 0.6) is 0 Å². The Kier molecular flexibility index (Phi) is 6.60. The first kappa shape index (κ1) is 14.9. The molecule has 0 spiro atoms. The quantitative estimate of drug-likeness (QED) is 0.756. The number of methoxy groups -OCH3 is 1. The molecule has 0 aliphatic rings. The van der Waals surface area contributed by atoms with E-state index in [-0.39, 0.29) is 0 Å². The van der Waals surface area contributed by atoms with Gasteiger partial charge < -0.3 is 15.0 Å². The first-order valence-corrected chi connectivity index (χ1v) is 6.35. The van der Waals surface area contributed by atoms with E-state index in [1.807, 2.05) is 24.3 Å². The summed E-state index contributed by atoms with van der Waals surface area (Å²) in [6, 6.07) is 0. The van der Waals surface area contributed by atoms with Gasteiger partial charge in [-0.1, -0.05) is 13.8 Å². The Morgan fingerprint density at radius 3 is 2.67 bits per heavy atom. The first-order valence-electron chi connectivity index (χ1n) is 6.35. The lowest BCUT2D eigenvalue weighted by Crippen LogP contribution is -2.24. The molecule has 0 saturated carbocycles. The predicted molar refractivity (Wildman–Crippen MR) is 73.7 cm³/mol. The molecule has 0 aromatic carbocycles. The summed E-state index contributed by atoms with van der Waals surface area (Å²) in [4.78, 5) is 10.8. The molecule has 0 aliphatic carbocycles. The standard InChI is InChI=1S/C13H24N4O/c1-11(2)7-14-8-12-9-16-13(10-15-12)17(3)5-6-18-4/h9-11,14H,5-8H2,1-4H3. The van der Waals surface area contributed by atoms with Crippen molar-refractivity contribution in [2.45, 2.75) is 20.4 Å². The van der Waals surface area contributed by atoms with E-state index < -0.39 is 0 Å². The van der Waals surface area contributed by atoms with Gasteiger partial charge in [-0.15, -0.1) is 0 Å². The minimum atomic E-state index is 0.650. The van der Waals surface area contributed by atoms with E-state index in [0.29, 0.717) is 12.5 Å². The van der Waals surface area contributed by atoms with Crippen molar-refractivity contribution in [1.82, 2.24) is 15.3 Å². The minimum Gasteiger partial charge on any atom is -0.383 e.